The quantitative estimate of drug-likeness (QED) is 0.384. The summed E-state index contributed by atoms with van der Waals surface area (Å²) in [5, 5.41) is 2.47. The van der Waals surface area contributed by atoms with E-state index < -0.39 is 0 Å². The third-order valence-corrected chi connectivity index (χ3v) is 1.97. The van der Waals surface area contributed by atoms with Crippen LogP contribution >= 0.6 is 0 Å². The molecule has 0 aliphatic rings. The Hall–Kier alpha value is -0.483. The molecule has 0 bridgehead atoms. The van der Waals surface area contributed by atoms with Crippen molar-refractivity contribution in [3.8, 4) is 0 Å². The summed E-state index contributed by atoms with van der Waals surface area (Å²) in [5.41, 5.74) is 0. The normalized spacial score (nSPS) is 9.33. The van der Waals surface area contributed by atoms with Gasteiger partial charge in [0.1, 0.15) is 0 Å². The van der Waals surface area contributed by atoms with Crippen LogP contribution < -0.4 is 18.9 Å². The molecule has 0 aromatic heterocycles. The van der Waals surface area contributed by atoms with Crippen molar-refractivity contribution in [3.05, 3.63) is 42.5 Å². The topological polar surface area (TPSA) is 0 Å². The Morgan fingerprint density at radius 2 is 1.50 bits per heavy atom. The van der Waals surface area contributed by atoms with Crippen LogP contribution in [0.4, 0.5) is 0 Å². The number of fused-ring (bicyclic) bond motifs is 1. The van der Waals surface area contributed by atoms with Gasteiger partial charge in [-0.2, -0.15) is 4.90 Å². The van der Waals surface area contributed by atoms with Gasteiger partial charge in [0.15, 0.2) is 0 Å². The summed E-state index contributed by atoms with van der Waals surface area (Å²) in [6.07, 6.45) is 0. The van der Waals surface area contributed by atoms with Crippen molar-refractivity contribution < 1.29 is 18.9 Å². The van der Waals surface area contributed by atoms with Crippen LogP contribution in [0.3, 0.4) is 0 Å². The van der Waals surface area contributed by atoms with E-state index in [2.05, 4.69) is 18.2 Å². The van der Waals surface area contributed by atoms with E-state index in [4.69, 9.17) is 12.6 Å². The molecule has 2 rings (SSSR count). The van der Waals surface area contributed by atoms with E-state index in [-0.39, 0.29) is 18.9 Å². The Balaban J connectivity index is 0.000000720. The molecule has 0 heterocycles. The van der Waals surface area contributed by atoms with Gasteiger partial charge in [-0.15, -0.1) is 0 Å². The van der Waals surface area contributed by atoms with Gasteiger partial charge in [-0.25, -0.2) is 0 Å². The summed E-state index contributed by atoms with van der Waals surface area (Å²) in [4.78, 5) is 0.906. The number of rotatable bonds is 0. The standard InChI is InChI=1S/C10H8S.Li/c11-10-6-5-8-3-1-2-4-9(8)7-10;/h1-7,11H;/q;+1/p-1. The molecule has 0 aliphatic carbocycles. The minimum atomic E-state index is 0. The average Bonchev–Trinajstić information content (AvgIpc) is 2.04. The molecule has 0 spiro atoms. The van der Waals surface area contributed by atoms with Crippen LogP contribution in [-0.2, 0) is 12.6 Å². The van der Waals surface area contributed by atoms with Gasteiger partial charge in [-0.05, 0) is 10.8 Å². The first kappa shape index (κ1) is 9.60. The largest absolute Gasteiger partial charge is 1.00 e. The van der Waals surface area contributed by atoms with Crippen molar-refractivity contribution in [2.24, 2.45) is 0 Å². The molecule has 0 radical (unpaired) electrons. The third-order valence-electron chi connectivity index (χ3n) is 1.72. The summed E-state index contributed by atoms with van der Waals surface area (Å²) in [6, 6.07) is 14.2. The Kier molecular flexibility index (Phi) is 3.17. The second kappa shape index (κ2) is 3.96. The van der Waals surface area contributed by atoms with Gasteiger partial charge in [0, 0.05) is 0 Å². The van der Waals surface area contributed by atoms with E-state index in [0.29, 0.717) is 0 Å². The minimum absolute atomic E-state index is 0. The van der Waals surface area contributed by atoms with E-state index in [0.717, 1.165) is 4.90 Å². The first-order valence-electron chi connectivity index (χ1n) is 3.52. The van der Waals surface area contributed by atoms with E-state index in [1.54, 1.807) is 0 Å². The smallest absolute Gasteiger partial charge is 0.780 e. The van der Waals surface area contributed by atoms with E-state index in [1.165, 1.54) is 10.8 Å². The Bertz CT molecular complexity index is 384. The minimum Gasteiger partial charge on any atom is -0.780 e. The third kappa shape index (κ3) is 1.81. The second-order valence-corrected chi connectivity index (χ2v) is 2.98. The van der Waals surface area contributed by atoms with Crippen molar-refractivity contribution >= 4 is 23.4 Å². The van der Waals surface area contributed by atoms with Gasteiger partial charge < -0.3 is 12.6 Å². The maximum absolute atomic E-state index is 5.04. The molecule has 12 heavy (non-hydrogen) atoms. The maximum atomic E-state index is 5.04. The molecule has 54 valence electrons. The fourth-order valence-electron chi connectivity index (χ4n) is 1.17. The maximum Gasteiger partial charge on any atom is 1.00 e. The summed E-state index contributed by atoms with van der Waals surface area (Å²) in [6.45, 7) is 0. The second-order valence-electron chi connectivity index (χ2n) is 2.51. The summed E-state index contributed by atoms with van der Waals surface area (Å²) in [5.74, 6) is 0. The zero-order valence-corrected chi connectivity index (χ0v) is 7.77. The number of hydrogen-bond donors (Lipinski definition) is 0. The molecule has 2 heteroatoms. The van der Waals surface area contributed by atoms with Crippen molar-refractivity contribution in [1.29, 1.82) is 0 Å². The average molecular weight is 166 g/mol. The van der Waals surface area contributed by atoms with Crippen LogP contribution in [0.25, 0.3) is 10.8 Å². The van der Waals surface area contributed by atoms with Crippen LogP contribution in [0.2, 0.25) is 0 Å². The molecule has 0 fully saturated rings. The molecule has 0 N–H and O–H groups in total. The summed E-state index contributed by atoms with van der Waals surface area (Å²) < 4.78 is 0. The SMILES string of the molecule is [Li+].[S-]c1ccc2ccccc2c1. The van der Waals surface area contributed by atoms with Gasteiger partial charge in [0.25, 0.3) is 0 Å². The first-order valence-corrected chi connectivity index (χ1v) is 3.93. The number of hydrogen-bond acceptors (Lipinski definition) is 1. The molecular weight excluding hydrogens is 159 g/mol. The predicted octanol–water partition coefficient (Wildman–Crippen LogP) is -0.250. The van der Waals surface area contributed by atoms with Crippen LogP contribution in [0.15, 0.2) is 47.4 Å². The molecular formula is C10H7LiS. The Morgan fingerprint density at radius 1 is 0.833 bits per heavy atom. The Labute approximate surface area is 89.6 Å². The van der Waals surface area contributed by atoms with E-state index in [9.17, 15) is 0 Å². The van der Waals surface area contributed by atoms with E-state index in [1.807, 2.05) is 24.3 Å². The first-order chi connectivity index (χ1) is 5.36. The zero-order chi connectivity index (χ0) is 7.68. The van der Waals surface area contributed by atoms with Crippen molar-refractivity contribution in [2.45, 2.75) is 4.90 Å². The van der Waals surface area contributed by atoms with Gasteiger partial charge in [0.2, 0.25) is 0 Å². The zero-order valence-electron chi connectivity index (χ0n) is 6.95. The molecule has 0 saturated carbocycles. The molecule has 0 amide bonds. The van der Waals surface area contributed by atoms with Gasteiger partial charge in [-0.1, -0.05) is 42.5 Å². The fraction of sp³-hybridized carbons (Fsp3) is 0. The molecule has 2 aromatic rings. The van der Waals surface area contributed by atoms with Crippen LogP contribution in [-0.4, -0.2) is 0 Å². The molecule has 0 saturated heterocycles. The summed E-state index contributed by atoms with van der Waals surface area (Å²) >= 11 is 5.04. The van der Waals surface area contributed by atoms with Crippen molar-refractivity contribution in [1.82, 2.24) is 0 Å². The molecule has 0 aliphatic heterocycles. The monoisotopic (exact) mass is 166 g/mol. The number of benzene rings is 2. The molecule has 0 atom stereocenters. The van der Waals surface area contributed by atoms with Crippen molar-refractivity contribution in [2.75, 3.05) is 0 Å². The van der Waals surface area contributed by atoms with Crippen molar-refractivity contribution in [3.63, 3.8) is 0 Å². The molecule has 0 unspecified atom stereocenters. The van der Waals surface area contributed by atoms with Crippen LogP contribution in [0, 0.1) is 0 Å². The molecule has 2 aromatic carbocycles. The van der Waals surface area contributed by atoms with Crippen LogP contribution in [0.1, 0.15) is 0 Å². The van der Waals surface area contributed by atoms with Gasteiger partial charge >= 0.3 is 18.9 Å². The van der Waals surface area contributed by atoms with Crippen LogP contribution in [0.5, 0.6) is 0 Å². The van der Waals surface area contributed by atoms with Gasteiger partial charge in [0.05, 0.1) is 0 Å². The predicted molar refractivity (Wildman–Crippen MR) is 49.6 cm³/mol. The molecule has 0 nitrogen and oxygen atoms in total. The Morgan fingerprint density at radius 3 is 2.25 bits per heavy atom. The van der Waals surface area contributed by atoms with E-state index >= 15 is 0 Å². The fourth-order valence-corrected chi connectivity index (χ4v) is 1.36. The van der Waals surface area contributed by atoms with Gasteiger partial charge in [-0.3, -0.25) is 0 Å². The summed E-state index contributed by atoms with van der Waals surface area (Å²) in [7, 11) is 0.